The quantitative estimate of drug-likeness (QED) is 0.276. The summed E-state index contributed by atoms with van der Waals surface area (Å²) in [5, 5.41) is 19.9. The summed E-state index contributed by atoms with van der Waals surface area (Å²) in [6.45, 7) is 8.43. The van der Waals surface area contributed by atoms with Gasteiger partial charge in [0.05, 0.1) is 23.7 Å². The number of carbonyl (C=O) groups excluding carboxylic acids is 1. The number of carbonyl (C=O) groups is 1. The van der Waals surface area contributed by atoms with Crippen molar-refractivity contribution in [2.75, 3.05) is 5.32 Å². The minimum absolute atomic E-state index is 0.0991. The number of ether oxygens (including phenoxy) is 1. The number of rotatable bonds is 6. The molecular formula is C32H41N7O2. The average molecular weight is 556 g/mol. The number of urea groups is 1. The molecule has 0 aliphatic heterocycles. The van der Waals surface area contributed by atoms with Crippen molar-refractivity contribution in [2.24, 2.45) is 0 Å². The van der Waals surface area contributed by atoms with E-state index in [9.17, 15) is 4.79 Å². The van der Waals surface area contributed by atoms with Crippen LogP contribution in [0, 0.1) is 6.92 Å². The number of amides is 2. The number of nitrogens with one attached hydrogen (secondary N) is 2. The maximum absolute atomic E-state index is 13.1. The molecular weight excluding hydrogens is 514 g/mol. The van der Waals surface area contributed by atoms with Crippen LogP contribution in [0.3, 0.4) is 0 Å². The predicted molar refractivity (Wildman–Crippen MR) is 160 cm³/mol. The number of aryl methyl sites for hydroxylation is 1. The van der Waals surface area contributed by atoms with E-state index in [0.717, 1.165) is 54.3 Å². The number of nitrogens with zero attached hydrogens (tertiary/aromatic N) is 5. The molecule has 6 rings (SSSR count). The highest BCUT2D eigenvalue weighted by Crippen LogP contribution is 2.34. The highest BCUT2D eigenvalue weighted by atomic mass is 16.5. The molecule has 2 saturated carbocycles. The van der Waals surface area contributed by atoms with Crippen LogP contribution < -0.4 is 15.4 Å². The fourth-order valence-corrected chi connectivity index (χ4v) is 6.00. The van der Waals surface area contributed by atoms with E-state index in [4.69, 9.17) is 9.84 Å². The lowest BCUT2D eigenvalue weighted by Gasteiger charge is -2.29. The Labute approximate surface area is 241 Å². The molecule has 0 radical (unpaired) electrons. The van der Waals surface area contributed by atoms with E-state index < -0.39 is 0 Å². The Kier molecular flexibility index (Phi) is 7.45. The number of anilines is 1. The second kappa shape index (κ2) is 11.2. The van der Waals surface area contributed by atoms with Crippen molar-refractivity contribution in [3.8, 4) is 11.4 Å². The summed E-state index contributed by atoms with van der Waals surface area (Å²) in [7, 11) is 0. The summed E-state index contributed by atoms with van der Waals surface area (Å²) in [4.78, 5) is 13.1. The molecule has 3 heterocycles. The van der Waals surface area contributed by atoms with E-state index in [2.05, 4.69) is 65.1 Å². The number of pyridine rings is 1. The molecule has 3 aromatic heterocycles. The first kappa shape index (κ1) is 27.3. The van der Waals surface area contributed by atoms with E-state index in [-0.39, 0.29) is 23.6 Å². The zero-order chi connectivity index (χ0) is 28.6. The monoisotopic (exact) mass is 555 g/mol. The Hall–Kier alpha value is -3.88. The van der Waals surface area contributed by atoms with Gasteiger partial charge in [-0.05, 0) is 69.7 Å². The van der Waals surface area contributed by atoms with Crippen LogP contribution in [-0.2, 0) is 5.41 Å². The van der Waals surface area contributed by atoms with E-state index in [1.165, 1.54) is 31.2 Å². The van der Waals surface area contributed by atoms with Crippen molar-refractivity contribution in [3.05, 3.63) is 65.7 Å². The molecule has 4 aromatic rings. The van der Waals surface area contributed by atoms with Gasteiger partial charge in [0.2, 0.25) is 0 Å². The van der Waals surface area contributed by atoms with Crippen LogP contribution in [0.25, 0.3) is 11.3 Å². The van der Waals surface area contributed by atoms with Gasteiger partial charge in [-0.25, -0.2) is 9.48 Å². The highest BCUT2D eigenvalue weighted by Gasteiger charge is 2.26. The standard InChI is InChI=1S/C32H41N7O2/c1-21-9-13-24(14-10-21)39-29(19-27(37-39)32(2,3)4)34-31(40)33-23-11-15-25(16-12-23)41-26-17-18-28-35-36-30(38(28)20-26)22-7-5-6-8-22/h9-10,13-14,17-20,22-23,25H,5-8,11-12,15-16H2,1-4H3,(H2,33,34,40)/t23-,25-. The fourth-order valence-electron chi connectivity index (χ4n) is 6.00. The predicted octanol–water partition coefficient (Wildman–Crippen LogP) is 6.69. The molecule has 0 atom stereocenters. The van der Waals surface area contributed by atoms with Crippen molar-refractivity contribution in [3.63, 3.8) is 0 Å². The lowest BCUT2D eigenvalue weighted by Crippen LogP contribution is -2.42. The van der Waals surface area contributed by atoms with Crippen LogP contribution in [0.1, 0.15) is 95.1 Å². The Morgan fingerprint density at radius 2 is 1.68 bits per heavy atom. The largest absolute Gasteiger partial charge is 0.489 e. The molecule has 0 saturated heterocycles. The van der Waals surface area contributed by atoms with Gasteiger partial charge in [0.25, 0.3) is 0 Å². The van der Waals surface area contributed by atoms with Crippen LogP contribution in [-0.4, -0.2) is 42.6 Å². The highest BCUT2D eigenvalue weighted by molar-refractivity contribution is 5.89. The topological polar surface area (TPSA) is 98.4 Å². The second-order valence-electron chi connectivity index (χ2n) is 12.7. The van der Waals surface area contributed by atoms with Gasteiger partial charge in [-0.15, -0.1) is 10.2 Å². The molecule has 41 heavy (non-hydrogen) atoms. The molecule has 216 valence electrons. The number of aromatic nitrogens is 5. The van der Waals surface area contributed by atoms with Crippen LogP contribution in [0.2, 0.25) is 0 Å². The van der Waals surface area contributed by atoms with Gasteiger partial charge in [0.1, 0.15) is 17.4 Å². The van der Waals surface area contributed by atoms with Gasteiger partial charge >= 0.3 is 6.03 Å². The molecule has 9 nitrogen and oxygen atoms in total. The maximum Gasteiger partial charge on any atom is 0.320 e. The van der Waals surface area contributed by atoms with E-state index in [1.807, 2.05) is 41.2 Å². The fraction of sp³-hybridized carbons (Fsp3) is 0.500. The van der Waals surface area contributed by atoms with Crippen molar-refractivity contribution >= 4 is 17.5 Å². The molecule has 2 fully saturated rings. The van der Waals surface area contributed by atoms with Gasteiger partial charge in [0, 0.05) is 23.4 Å². The Morgan fingerprint density at radius 1 is 0.951 bits per heavy atom. The van der Waals surface area contributed by atoms with Gasteiger partial charge < -0.3 is 10.1 Å². The summed E-state index contributed by atoms with van der Waals surface area (Å²) in [5.74, 6) is 3.06. The zero-order valence-corrected chi connectivity index (χ0v) is 24.6. The van der Waals surface area contributed by atoms with E-state index in [0.29, 0.717) is 11.7 Å². The molecule has 9 heteroatoms. The Morgan fingerprint density at radius 3 is 2.39 bits per heavy atom. The molecule has 0 spiro atoms. The smallest absolute Gasteiger partial charge is 0.320 e. The lowest BCUT2D eigenvalue weighted by atomic mass is 9.92. The summed E-state index contributed by atoms with van der Waals surface area (Å²) >= 11 is 0. The number of benzene rings is 1. The molecule has 2 amide bonds. The Balaban J connectivity index is 1.06. The van der Waals surface area contributed by atoms with Crippen molar-refractivity contribution in [1.29, 1.82) is 0 Å². The van der Waals surface area contributed by atoms with Crippen LogP contribution in [0.15, 0.2) is 48.7 Å². The SMILES string of the molecule is Cc1ccc(-n2nc(C(C)(C)C)cc2NC(=O)N[C@H]2CC[C@H](Oc3ccc4nnc(C5CCCC5)n4c3)CC2)cc1. The average Bonchev–Trinajstić information content (AvgIpc) is 3.70. The molecule has 0 bridgehead atoms. The third-order valence-corrected chi connectivity index (χ3v) is 8.43. The van der Waals surface area contributed by atoms with Crippen molar-refractivity contribution in [1.82, 2.24) is 29.7 Å². The van der Waals surface area contributed by atoms with Crippen LogP contribution in [0.4, 0.5) is 10.6 Å². The minimum atomic E-state index is -0.208. The molecule has 1 aromatic carbocycles. The molecule has 2 aliphatic carbocycles. The van der Waals surface area contributed by atoms with E-state index in [1.54, 1.807) is 0 Å². The second-order valence-corrected chi connectivity index (χ2v) is 12.7. The molecule has 0 unspecified atom stereocenters. The summed E-state index contributed by atoms with van der Waals surface area (Å²) in [6.07, 6.45) is 10.6. The molecule has 2 N–H and O–H groups in total. The minimum Gasteiger partial charge on any atom is -0.489 e. The van der Waals surface area contributed by atoms with Crippen molar-refractivity contribution < 1.29 is 9.53 Å². The first-order valence-electron chi connectivity index (χ1n) is 15.0. The number of hydrogen-bond acceptors (Lipinski definition) is 5. The third-order valence-electron chi connectivity index (χ3n) is 8.43. The Bertz CT molecular complexity index is 1500. The summed E-state index contributed by atoms with van der Waals surface area (Å²) in [5.41, 5.74) is 3.75. The van der Waals surface area contributed by atoms with Gasteiger partial charge in [-0.2, -0.15) is 5.10 Å². The number of hydrogen-bond donors (Lipinski definition) is 2. The summed E-state index contributed by atoms with van der Waals surface area (Å²) in [6, 6.07) is 14.0. The molecule has 2 aliphatic rings. The van der Waals surface area contributed by atoms with Crippen LogP contribution in [0.5, 0.6) is 5.75 Å². The third kappa shape index (κ3) is 6.09. The first-order valence-corrected chi connectivity index (χ1v) is 15.0. The normalized spacial score (nSPS) is 19.9. The van der Waals surface area contributed by atoms with Gasteiger partial charge in [-0.1, -0.05) is 51.3 Å². The number of fused-ring (bicyclic) bond motifs is 1. The van der Waals surface area contributed by atoms with E-state index >= 15 is 0 Å². The first-order chi connectivity index (χ1) is 19.7. The van der Waals surface area contributed by atoms with Gasteiger partial charge in [-0.3, -0.25) is 9.72 Å². The van der Waals surface area contributed by atoms with Crippen LogP contribution >= 0.6 is 0 Å². The zero-order valence-electron chi connectivity index (χ0n) is 24.6. The van der Waals surface area contributed by atoms with Gasteiger partial charge in [0.15, 0.2) is 5.65 Å². The maximum atomic E-state index is 13.1. The lowest BCUT2D eigenvalue weighted by molar-refractivity contribution is 0.140. The summed E-state index contributed by atoms with van der Waals surface area (Å²) < 4.78 is 10.3. The van der Waals surface area contributed by atoms with Crippen molar-refractivity contribution in [2.45, 2.75) is 103 Å².